The lowest BCUT2D eigenvalue weighted by Crippen LogP contribution is -2.45. The zero-order valence-corrected chi connectivity index (χ0v) is 11.0. The fourth-order valence-electron chi connectivity index (χ4n) is 2.91. The fourth-order valence-corrected chi connectivity index (χ4v) is 2.91. The minimum absolute atomic E-state index is 0.0950. The second-order valence-electron chi connectivity index (χ2n) is 5.26. The molecule has 0 aromatic carbocycles. The van der Waals surface area contributed by atoms with Gasteiger partial charge in [-0.25, -0.2) is 4.79 Å². The lowest BCUT2D eigenvalue weighted by molar-refractivity contribution is -0.149. The molecule has 0 spiro atoms. The summed E-state index contributed by atoms with van der Waals surface area (Å²) in [6.45, 7) is 3.46. The van der Waals surface area contributed by atoms with Gasteiger partial charge in [-0.1, -0.05) is 6.08 Å². The molecular weight excluding hydrogens is 234 g/mol. The quantitative estimate of drug-likeness (QED) is 0.539. The number of aliphatic hydroxyl groups is 2. The van der Waals surface area contributed by atoms with Crippen LogP contribution in [0.3, 0.4) is 0 Å². The summed E-state index contributed by atoms with van der Waals surface area (Å²) in [6, 6.07) is -0.218. The van der Waals surface area contributed by atoms with Gasteiger partial charge in [-0.2, -0.15) is 0 Å². The molecule has 5 atom stereocenters. The van der Waals surface area contributed by atoms with Crippen LogP contribution in [0.1, 0.15) is 26.7 Å². The first kappa shape index (κ1) is 13.5. The van der Waals surface area contributed by atoms with Gasteiger partial charge >= 0.3 is 5.97 Å². The third-order valence-electron chi connectivity index (χ3n) is 4.18. The molecule has 2 heterocycles. The third-order valence-corrected chi connectivity index (χ3v) is 4.18. The van der Waals surface area contributed by atoms with Gasteiger partial charge < -0.3 is 14.9 Å². The molecule has 2 saturated heterocycles. The number of hydrogen-bond donors (Lipinski definition) is 2. The van der Waals surface area contributed by atoms with Crippen LogP contribution in [-0.4, -0.2) is 58.5 Å². The van der Waals surface area contributed by atoms with Crippen molar-refractivity contribution in [1.29, 1.82) is 0 Å². The highest BCUT2D eigenvalue weighted by atomic mass is 16.6. The van der Waals surface area contributed by atoms with Crippen molar-refractivity contribution < 1.29 is 19.7 Å². The second-order valence-corrected chi connectivity index (χ2v) is 5.26. The van der Waals surface area contributed by atoms with E-state index in [0.717, 1.165) is 0 Å². The van der Waals surface area contributed by atoms with Gasteiger partial charge in [0, 0.05) is 11.6 Å². The maximum atomic E-state index is 11.8. The standard InChI is InChI=1S/C13H21NO4/c1-4-7(2)13(17)18-12-10-6-8(15)5-9(11(12)16)14(10)3/h4,8-12,15-16H,5-6H2,1-3H3/b7-4+/t8-,9+,10-,11-,12-/m1/s1. The van der Waals surface area contributed by atoms with Gasteiger partial charge in [-0.15, -0.1) is 0 Å². The first-order valence-electron chi connectivity index (χ1n) is 6.37. The Labute approximate surface area is 107 Å². The van der Waals surface area contributed by atoms with Gasteiger partial charge in [0.1, 0.15) is 12.2 Å². The fraction of sp³-hybridized carbons (Fsp3) is 0.769. The molecule has 0 amide bonds. The van der Waals surface area contributed by atoms with Crippen molar-refractivity contribution in [2.75, 3.05) is 7.05 Å². The van der Waals surface area contributed by atoms with Crippen molar-refractivity contribution in [2.45, 2.75) is 57.1 Å². The van der Waals surface area contributed by atoms with Crippen molar-refractivity contribution in [1.82, 2.24) is 4.90 Å². The summed E-state index contributed by atoms with van der Waals surface area (Å²) in [4.78, 5) is 13.8. The molecule has 0 aromatic heterocycles. The Morgan fingerprint density at radius 2 is 1.94 bits per heavy atom. The van der Waals surface area contributed by atoms with Crippen molar-refractivity contribution >= 4 is 5.97 Å². The van der Waals surface area contributed by atoms with Crippen molar-refractivity contribution in [3.05, 3.63) is 11.6 Å². The van der Waals surface area contributed by atoms with E-state index in [-0.39, 0.29) is 12.1 Å². The molecule has 5 nitrogen and oxygen atoms in total. The zero-order chi connectivity index (χ0) is 13.4. The molecule has 2 N–H and O–H groups in total. The van der Waals surface area contributed by atoms with Crippen molar-refractivity contribution in [2.24, 2.45) is 0 Å². The zero-order valence-electron chi connectivity index (χ0n) is 11.0. The average Bonchev–Trinajstić information content (AvgIpc) is 2.49. The summed E-state index contributed by atoms with van der Waals surface area (Å²) in [5, 5.41) is 19.9. The summed E-state index contributed by atoms with van der Waals surface area (Å²) < 4.78 is 5.40. The van der Waals surface area contributed by atoms with E-state index in [1.165, 1.54) is 0 Å². The predicted octanol–water partition coefficient (Wildman–Crippen LogP) is 0.0626. The highest BCUT2D eigenvalue weighted by Crippen LogP contribution is 2.36. The molecule has 0 aromatic rings. The Hall–Kier alpha value is -0.910. The van der Waals surface area contributed by atoms with Crippen molar-refractivity contribution in [3.8, 4) is 0 Å². The van der Waals surface area contributed by atoms with Crippen LogP contribution in [0.2, 0.25) is 0 Å². The Morgan fingerprint density at radius 1 is 1.33 bits per heavy atom. The van der Waals surface area contributed by atoms with Gasteiger partial charge in [0.15, 0.2) is 0 Å². The number of carbonyl (C=O) groups excluding carboxylic acids is 1. The summed E-state index contributed by atoms with van der Waals surface area (Å²) in [5.41, 5.74) is 0.534. The van der Waals surface area contributed by atoms with E-state index >= 15 is 0 Å². The van der Waals surface area contributed by atoms with E-state index in [4.69, 9.17) is 4.74 Å². The Morgan fingerprint density at radius 3 is 2.56 bits per heavy atom. The van der Waals surface area contributed by atoms with E-state index < -0.39 is 24.3 Å². The van der Waals surface area contributed by atoms with Gasteiger partial charge in [-0.3, -0.25) is 4.90 Å². The number of fused-ring (bicyclic) bond motifs is 2. The number of likely N-dealkylation sites (N-methyl/N-ethyl adjacent to an activating group) is 1. The van der Waals surface area contributed by atoms with Crippen LogP contribution in [0.4, 0.5) is 0 Å². The summed E-state index contributed by atoms with van der Waals surface area (Å²) in [6.07, 6.45) is 1.08. The smallest absolute Gasteiger partial charge is 0.333 e. The van der Waals surface area contributed by atoms with Crippen LogP contribution in [-0.2, 0) is 9.53 Å². The van der Waals surface area contributed by atoms with Gasteiger partial charge in [0.25, 0.3) is 0 Å². The number of allylic oxidation sites excluding steroid dienone is 1. The number of aliphatic hydroxyl groups excluding tert-OH is 2. The van der Waals surface area contributed by atoms with Crippen LogP contribution in [0.5, 0.6) is 0 Å². The van der Waals surface area contributed by atoms with Crippen LogP contribution in [0, 0.1) is 0 Å². The number of carbonyl (C=O) groups is 1. The number of ether oxygens (including phenoxy) is 1. The number of piperidine rings is 1. The van der Waals surface area contributed by atoms with E-state index in [2.05, 4.69) is 0 Å². The number of nitrogens with zero attached hydrogens (tertiary/aromatic N) is 1. The molecule has 0 saturated carbocycles. The molecule has 102 valence electrons. The highest BCUT2D eigenvalue weighted by molar-refractivity contribution is 5.87. The molecule has 5 heteroatoms. The summed E-state index contributed by atoms with van der Waals surface area (Å²) in [7, 11) is 1.90. The summed E-state index contributed by atoms with van der Waals surface area (Å²) >= 11 is 0. The highest BCUT2D eigenvalue weighted by Gasteiger charge is 2.52. The Balaban J connectivity index is 2.12. The lowest BCUT2D eigenvalue weighted by Gasteiger charge is -2.34. The number of rotatable bonds is 2. The molecule has 2 aliphatic rings. The normalized spacial score (nSPS) is 40.9. The van der Waals surface area contributed by atoms with Crippen LogP contribution >= 0.6 is 0 Å². The van der Waals surface area contributed by atoms with E-state index in [0.29, 0.717) is 18.4 Å². The third kappa shape index (κ3) is 2.18. The van der Waals surface area contributed by atoms with E-state index in [1.807, 2.05) is 11.9 Å². The average molecular weight is 255 g/mol. The number of hydrogen-bond acceptors (Lipinski definition) is 5. The lowest BCUT2D eigenvalue weighted by atomic mass is 10.0. The first-order valence-corrected chi connectivity index (χ1v) is 6.37. The Bertz CT molecular complexity index is 368. The Kier molecular flexibility index (Phi) is 3.75. The maximum absolute atomic E-state index is 11.8. The minimum Gasteiger partial charge on any atom is -0.455 e. The van der Waals surface area contributed by atoms with Gasteiger partial charge in [-0.05, 0) is 33.7 Å². The van der Waals surface area contributed by atoms with Crippen LogP contribution < -0.4 is 0 Å². The van der Waals surface area contributed by atoms with Gasteiger partial charge in [0.2, 0.25) is 0 Å². The molecule has 2 aliphatic heterocycles. The van der Waals surface area contributed by atoms with Crippen LogP contribution in [0.25, 0.3) is 0 Å². The number of esters is 1. The van der Waals surface area contributed by atoms with Crippen molar-refractivity contribution in [3.63, 3.8) is 0 Å². The molecule has 2 rings (SSSR count). The SMILES string of the molecule is C/C=C(\C)C(=O)O[C@H]1[C@H](O)[C@@H]2C[C@@H](O)C[C@H]1N2C. The molecule has 18 heavy (non-hydrogen) atoms. The molecule has 0 unspecified atom stereocenters. The summed E-state index contributed by atoms with van der Waals surface area (Å²) in [5.74, 6) is -0.392. The predicted molar refractivity (Wildman–Crippen MR) is 65.9 cm³/mol. The second kappa shape index (κ2) is 4.99. The topological polar surface area (TPSA) is 70.0 Å². The first-order chi connectivity index (χ1) is 8.45. The molecule has 2 fully saturated rings. The molecular formula is C13H21NO4. The molecule has 0 radical (unpaired) electrons. The van der Waals surface area contributed by atoms with Crippen LogP contribution in [0.15, 0.2) is 11.6 Å². The minimum atomic E-state index is -0.717. The van der Waals surface area contributed by atoms with E-state index in [9.17, 15) is 15.0 Å². The largest absolute Gasteiger partial charge is 0.455 e. The molecule has 0 aliphatic carbocycles. The maximum Gasteiger partial charge on any atom is 0.333 e. The van der Waals surface area contributed by atoms with Gasteiger partial charge in [0.05, 0.1) is 12.1 Å². The molecule has 2 bridgehead atoms. The van der Waals surface area contributed by atoms with E-state index in [1.54, 1.807) is 19.9 Å². The monoisotopic (exact) mass is 255 g/mol.